The Bertz CT molecular complexity index is 848. The summed E-state index contributed by atoms with van der Waals surface area (Å²) in [5, 5.41) is 9.21. The van der Waals surface area contributed by atoms with Crippen LogP contribution in [-0.2, 0) is 9.53 Å². The Hall–Kier alpha value is -2.93. The second-order valence-electron chi connectivity index (χ2n) is 6.54. The van der Waals surface area contributed by atoms with Crippen LogP contribution in [0.25, 0.3) is 0 Å². The number of carbonyl (C=O) groups excluding carboxylic acids is 2. The van der Waals surface area contributed by atoms with Gasteiger partial charge in [-0.2, -0.15) is 0 Å². The first kappa shape index (κ1) is 20.4. The van der Waals surface area contributed by atoms with Crippen LogP contribution in [0.5, 0.6) is 0 Å². The van der Waals surface area contributed by atoms with E-state index < -0.39 is 11.5 Å². The van der Waals surface area contributed by atoms with E-state index in [9.17, 15) is 9.59 Å². The average molecular weight is 385 g/mol. The van der Waals surface area contributed by atoms with Gasteiger partial charge >= 0.3 is 5.97 Å². The number of hydrogen-bond acceptors (Lipinski definition) is 4. The molecule has 0 unspecified atom stereocenters. The maximum atomic E-state index is 12.6. The lowest BCUT2D eigenvalue weighted by Crippen LogP contribution is -2.53. The molecule has 0 saturated heterocycles. The van der Waals surface area contributed by atoms with Crippen molar-refractivity contribution in [2.24, 2.45) is 0 Å². The van der Waals surface area contributed by atoms with Crippen LogP contribution in [0.1, 0.15) is 29.8 Å². The summed E-state index contributed by atoms with van der Waals surface area (Å²) in [5.74, 6) is -0.613. The van der Waals surface area contributed by atoms with E-state index in [0.717, 1.165) is 11.3 Å². The van der Waals surface area contributed by atoms with Crippen LogP contribution >= 0.6 is 12.2 Å². The van der Waals surface area contributed by atoms with Gasteiger partial charge < -0.3 is 20.7 Å². The summed E-state index contributed by atoms with van der Waals surface area (Å²) in [6, 6.07) is 14.2. The van der Waals surface area contributed by atoms with Gasteiger partial charge in [0, 0.05) is 11.4 Å². The zero-order valence-electron chi connectivity index (χ0n) is 15.8. The summed E-state index contributed by atoms with van der Waals surface area (Å²) >= 11 is 5.31. The molecule has 7 heteroatoms. The van der Waals surface area contributed by atoms with Gasteiger partial charge in [-0.15, -0.1) is 0 Å². The van der Waals surface area contributed by atoms with Crippen LogP contribution in [0.15, 0.2) is 48.5 Å². The Morgan fingerprint density at radius 2 is 1.63 bits per heavy atom. The maximum absolute atomic E-state index is 12.6. The van der Waals surface area contributed by atoms with Crippen molar-refractivity contribution < 1.29 is 14.3 Å². The predicted octanol–water partition coefficient (Wildman–Crippen LogP) is 3.49. The number of hydrogen-bond donors (Lipinski definition) is 3. The molecule has 3 N–H and O–H groups in total. The molecule has 1 amide bonds. The number of rotatable bonds is 5. The molecule has 0 saturated carbocycles. The number of thiocarbonyl (C=S) groups is 1. The Balaban J connectivity index is 1.97. The molecule has 0 aliphatic carbocycles. The topological polar surface area (TPSA) is 79.5 Å². The predicted molar refractivity (Wildman–Crippen MR) is 111 cm³/mol. The standard InChI is InChI=1S/C20H23N3O3S/c1-13-7-5-6-8-16(13)22-18(25)20(2,3)23-19(27)21-15-11-9-14(10-12-15)17(24)26-4/h5-12H,1-4H3,(H,22,25)(H2,21,23,27). The molecule has 0 bridgehead atoms. The average Bonchev–Trinajstić information content (AvgIpc) is 2.63. The fourth-order valence-corrected chi connectivity index (χ4v) is 2.68. The number of amides is 1. The van der Waals surface area contributed by atoms with Crippen LogP contribution < -0.4 is 16.0 Å². The zero-order chi connectivity index (χ0) is 20.0. The summed E-state index contributed by atoms with van der Waals surface area (Å²) in [7, 11) is 1.33. The van der Waals surface area contributed by atoms with Gasteiger partial charge in [0.25, 0.3) is 0 Å². The first-order chi connectivity index (χ1) is 12.7. The lowest BCUT2D eigenvalue weighted by molar-refractivity contribution is -0.120. The molecule has 0 fully saturated rings. The van der Waals surface area contributed by atoms with Crippen molar-refractivity contribution in [3.05, 3.63) is 59.7 Å². The minimum absolute atomic E-state index is 0.206. The van der Waals surface area contributed by atoms with Crippen molar-refractivity contribution in [3.63, 3.8) is 0 Å². The molecular formula is C20H23N3O3S. The van der Waals surface area contributed by atoms with Crippen LogP contribution in [0, 0.1) is 6.92 Å². The van der Waals surface area contributed by atoms with Crippen molar-refractivity contribution in [3.8, 4) is 0 Å². The van der Waals surface area contributed by atoms with E-state index in [1.54, 1.807) is 38.1 Å². The Morgan fingerprint density at radius 3 is 2.22 bits per heavy atom. The quantitative estimate of drug-likeness (QED) is 0.540. The van der Waals surface area contributed by atoms with Crippen molar-refractivity contribution in [2.75, 3.05) is 17.7 Å². The van der Waals surface area contributed by atoms with E-state index in [1.807, 2.05) is 31.2 Å². The second kappa shape index (κ2) is 8.64. The van der Waals surface area contributed by atoms with E-state index in [0.29, 0.717) is 16.4 Å². The molecular weight excluding hydrogens is 362 g/mol. The summed E-state index contributed by atoms with van der Waals surface area (Å²) in [4.78, 5) is 24.1. The fraction of sp³-hybridized carbons (Fsp3) is 0.250. The van der Waals surface area contributed by atoms with Gasteiger partial charge in [0.15, 0.2) is 5.11 Å². The highest BCUT2D eigenvalue weighted by Crippen LogP contribution is 2.16. The number of anilines is 2. The molecule has 0 spiro atoms. The monoisotopic (exact) mass is 385 g/mol. The molecule has 0 heterocycles. The number of nitrogens with one attached hydrogen (secondary N) is 3. The summed E-state index contributed by atoms with van der Waals surface area (Å²) in [6.07, 6.45) is 0. The van der Waals surface area contributed by atoms with Gasteiger partial charge in [-0.3, -0.25) is 4.79 Å². The molecule has 0 atom stereocenters. The molecule has 2 aromatic carbocycles. The Labute approximate surface area is 164 Å². The van der Waals surface area contributed by atoms with Crippen molar-refractivity contribution >= 4 is 40.6 Å². The summed E-state index contributed by atoms with van der Waals surface area (Å²) in [6.45, 7) is 5.42. The summed E-state index contributed by atoms with van der Waals surface area (Å²) < 4.78 is 4.66. The third-order valence-corrected chi connectivity index (χ3v) is 4.15. The Morgan fingerprint density at radius 1 is 1.00 bits per heavy atom. The highest BCUT2D eigenvalue weighted by atomic mass is 32.1. The van der Waals surface area contributed by atoms with Crippen molar-refractivity contribution in [1.29, 1.82) is 0 Å². The maximum Gasteiger partial charge on any atom is 0.337 e. The van der Waals surface area contributed by atoms with Gasteiger partial charge in [0.2, 0.25) is 5.91 Å². The van der Waals surface area contributed by atoms with E-state index in [1.165, 1.54) is 7.11 Å². The molecule has 2 aromatic rings. The number of ether oxygens (including phenoxy) is 1. The smallest absolute Gasteiger partial charge is 0.337 e. The highest BCUT2D eigenvalue weighted by molar-refractivity contribution is 7.80. The molecule has 142 valence electrons. The lowest BCUT2D eigenvalue weighted by Gasteiger charge is -2.27. The van der Waals surface area contributed by atoms with E-state index in [4.69, 9.17) is 12.2 Å². The zero-order valence-corrected chi connectivity index (χ0v) is 16.6. The molecule has 0 aliphatic heterocycles. The van der Waals surface area contributed by atoms with E-state index in [2.05, 4.69) is 20.7 Å². The molecule has 0 radical (unpaired) electrons. The van der Waals surface area contributed by atoms with Crippen LogP contribution in [0.4, 0.5) is 11.4 Å². The van der Waals surface area contributed by atoms with Gasteiger partial charge in [-0.25, -0.2) is 4.79 Å². The molecule has 0 aliphatic rings. The normalized spacial score (nSPS) is 10.7. The molecule has 2 rings (SSSR count). The van der Waals surface area contributed by atoms with Crippen LogP contribution in [-0.4, -0.2) is 29.6 Å². The third-order valence-electron chi connectivity index (χ3n) is 3.95. The first-order valence-electron chi connectivity index (χ1n) is 8.37. The number of aryl methyl sites for hydroxylation is 1. The van der Waals surface area contributed by atoms with E-state index >= 15 is 0 Å². The van der Waals surface area contributed by atoms with Gasteiger partial charge in [-0.05, 0) is 68.9 Å². The van der Waals surface area contributed by atoms with Gasteiger partial charge in [-0.1, -0.05) is 18.2 Å². The third kappa shape index (κ3) is 5.52. The second-order valence-corrected chi connectivity index (χ2v) is 6.95. The first-order valence-corrected chi connectivity index (χ1v) is 8.78. The molecule has 6 nitrogen and oxygen atoms in total. The SMILES string of the molecule is COC(=O)c1ccc(NC(=S)NC(C)(C)C(=O)Nc2ccccc2C)cc1. The number of benzene rings is 2. The number of methoxy groups -OCH3 is 1. The minimum Gasteiger partial charge on any atom is -0.465 e. The van der Waals surface area contributed by atoms with E-state index in [-0.39, 0.29) is 5.91 Å². The lowest BCUT2D eigenvalue weighted by atomic mass is 10.0. The van der Waals surface area contributed by atoms with Gasteiger partial charge in [0.05, 0.1) is 12.7 Å². The highest BCUT2D eigenvalue weighted by Gasteiger charge is 2.28. The van der Waals surface area contributed by atoms with Crippen LogP contribution in [0.2, 0.25) is 0 Å². The van der Waals surface area contributed by atoms with Crippen molar-refractivity contribution in [1.82, 2.24) is 5.32 Å². The number of esters is 1. The van der Waals surface area contributed by atoms with Crippen LogP contribution in [0.3, 0.4) is 0 Å². The minimum atomic E-state index is -0.932. The van der Waals surface area contributed by atoms with Crippen molar-refractivity contribution in [2.45, 2.75) is 26.3 Å². The number of carbonyl (C=O) groups is 2. The number of para-hydroxylation sites is 1. The largest absolute Gasteiger partial charge is 0.465 e. The molecule has 0 aromatic heterocycles. The Kier molecular flexibility index (Phi) is 6.52. The van der Waals surface area contributed by atoms with Gasteiger partial charge in [0.1, 0.15) is 5.54 Å². The summed E-state index contributed by atoms with van der Waals surface area (Å²) in [5.41, 5.74) is 1.94. The molecule has 27 heavy (non-hydrogen) atoms. The fourth-order valence-electron chi connectivity index (χ4n) is 2.30.